The number of rotatable bonds is 13. The fourth-order valence-electron chi connectivity index (χ4n) is 9.65. The summed E-state index contributed by atoms with van der Waals surface area (Å²) in [6.45, 7) is 17.0. The molecule has 1 aliphatic rings. The van der Waals surface area contributed by atoms with Crippen LogP contribution in [0.1, 0.15) is 87.1 Å². The van der Waals surface area contributed by atoms with Gasteiger partial charge in [-0.3, -0.25) is 0 Å². The highest BCUT2D eigenvalue weighted by Gasteiger charge is 2.25. The topological polar surface area (TPSA) is 0 Å². The molecule has 0 spiro atoms. The highest BCUT2D eigenvalue weighted by molar-refractivity contribution is 5.87. The van der Waals surface area contributed by atoms with E-state index in [2.05, 4.69) is 222 Å². The molecule has 1 saturated carbocycles. The maximum absolute atomic E-state index is 3.92. The van der Waals surface area contributed by atoms with Gasteiger partial charge in [-0.05, 0) is 200 Å². The van der Waals surface area contributed by atoms with Crippen LogP contribution in [0.15, 0.2) is 207 Å². The molecule has 0 N–H and O–H groups in total. The molecule has 1 aliphatic carbocycles. The normalized spacial score (nSPS) is 12.7. The minimum absolute atomic E-state index is 0.600. The lowest BCUT2D eigenvalue weighted by atomic mass is 9.75. The molecule has 0 saturated heterocycles. The van der Waals surface area contributed by atoms with Crippen molar-refractivity contribution in [1.82, 2.24) is 0 Å². The van der Waals surface area contributed by atoms with Crippen LogP contribution >= 0.6 is 0 Å². The zero-order valence-electron chi connectivity index (χ0n) is 39.9. The summed E-state index contributed by atoms with van der Waals surface area (Å²) in [5.41, 5.74) is 25.7. The molecule has 0 unspecified atom stereocenters. The summed E-state index contributed by atoms with van der Waals surface area (Å²) in [5, 5.41) is 0. The minimum Gasteiger partial charge on any atom is -0.0991 e. The van der Waals surface area contributed by atoms with Crippen LogP contribution in [0.2, 0.25) is 0 Å². The minimum atomic E-state index is 0.600. The van der Waals surface area contributed by atoms with Crippen LogP contribution in [0.5, 0.6) is 0 Å². The van der Waals surface area contributed by atoms with Crippen LogP contribution in [0.25, 0.3) is 83.5 Å². The molecule has 0 radical (unpaired) electrons. The van der Waals surface area contributed by atoms with Gasteiger partial charge in [0, 0.05) is 0 Å². The van der Waals surface area contributed by atoms with Crippen LogP contribution in [0, 0.1) is 13.8 Å². The van der Waals surface area contributed by atoms with Gasteiger partial charge in [-0.2, -0.15) is 0 Å². The largest absolute Gasteiger partial charge is 0.0991 e. The summed E-state index contributed by atoms with van der Waals surface area (Å²) in [4.78, 5) is 0. The van der Waals surface area contributed by atoms with E-state index < -0.39 is 0 Å². The SMILES string of the molecule is C=C/C=C\C(=C/C)c1cc(-c2ccccc2)cc(-c2ccc(-c3cc(-c4ccc(-c5cc(-c6ccccc6)cc(-c6ccccc6)c5)cc4CCC)c(C)cc3C3CCC3)c(C)c2)c1.CC. The first-order chi connectivity index (χ1) is 32.4. The fraction of sp³-hybridized carbons (Fsp3) is 0.182. The molecule has 1 fully saturated rings. The summed E-state index contributed by atoms with van der Waals surface area (Å²) in [5.74, 6) is 0.600. The molecular weight excluding hydrogens is 793 g/mol. The third-order valence-electron chi connectivity index (χ3n) is 13.3. The monoisotopic (exact) mass is 857 g/mol. The second-order valence-electron chi connectivity index (χ2n) is 17.6. The first-order valence-electron chi connectivity index (χ1n) is 24.2. The van der Waals surface area contributed by atoms with E-state index in [1.807, 2.05) is 26.0 Å². The van der Waals surface area contributed by atoms with Crippen molar-refractivity contribution < 1.29 is 0 Å². The number of benzene rings is 8. The lowest BCUT2D eigenvalue weighted by Crippen LogP contribution is -2.11. The predicted octanol–water partition coefficient (Wildman–Crippen LogP) is 19.4. The van der Waals surface area contributed by atoms with Crippen molar-refractivity contribution in [3.8, 4) is 77.9 Å². The number of aryl methyl sites for hydroxylation is 3. The molecule has 0 atom stereocenters. The van der Waals surface area contributed by atoms with Gasteiger partial charge < -0.3 is 0 Å². The average molecular weight is 857 g/mol. The predicted molar refractivity (Wildman–Crippen MR) is 289 cm³/mol. The molecule has 8 aromatic carbocycles. The number of allylic oxidation sites excluding steroid dienone is 5. The van der Waals surface area contributed by atoms with Gasteiger partial charge in [0.15, 0.2) is 0 Å². The third kappa shape index (κ3) is 9.95. The van der Waals surface area contributed by atoms with Crippen LogP contribution < -0.4 is 0 Å². The summed E-state index contributed by atoms with van der Waals surface area (Å²) in [6.07, 6.45) is 14.1. The van der Waals surface area contributed by atoms with Crippen LogP contribution in [-0.2, 0) is 6.42 Å². The van der Waals surface area contributed by atoms with E-state index in [0.717, 1.165) is 12.8 Å². The van der Waals surface area contributed by atoms with E-state index in [-0.39, 0.29) is 0 Å². The van der Waals surface area contributed by atoms with E-state index in [1.54, 1.807) is 0 Å². The maximum Gasteiger partial charge on any atom is -0.0140 e. The first kappa shape index (κ1) is 45.5. The van der Waals surface area contributed by atoms with Crippen molar-refractivity contribution in [2.24, 2.45) is 0 Å². The Morgan fingerprint density at radius 1 is 0.500 bits per heavy atom. The Balaban J connectivity index is 0.00000292. The van der Waals surface area contributed by atoms with Gasteiger partial charge in [-0.1, -0.05) is 198 Å². The van der Waals surface area contributed by atoms with E-state index in [0.29, 0.717) is 5.92 Å². The second kappa shape index (κ2) is 21.3. The Hall–Kier alpha value is -7.02. The molecule has 0 aromatic heterocycles. The lowest BCUT2D eigenvalue weighted by Gasteiger charge is -2.30. The quantitative estimate of drug-likeness (QED) is 0.101. The fourth-order valence-corrected chi connectivity index (χ4v) is 9.65. The Morgan fingerprint density at radius 3 is 1.47 bits per heavy atom. The van der Waals surface area contributed by atoms with E-state index in [1.165, 1.54) is 131 Å². The maximum atomic E-state index is 3.92. The molecule has 0 amide bonds. The van der Waals surface area contributed by atoms with E-state index in [9.17, 15) is 0 Å². The van der Waals surface area contributed by atoms with Gasteiger partial charge in [-0.15, -0.1) is 0 Å². The highest BCUT2D eigenvalue weighted by atomic mass is 14.3. The van der Waals surface area contributed by atoms with E-state index >= 15 is 0 Å². The van der Waals surface area contributed by atoms with Gasteiger partial charge in [0.25, 0.3) is 0 Å². The van der Waals surface area contributed by atoms with E-state index in [4.69, 9.17) is 0 Å². The van der Waals surface area contributed by atoms with Gasteiger partial charge in [0.1, 0.15) is 0 Å². The molecule has 66 heavy (non-hydrogen) atoms. The Kier molecular flexibility index (Phi) is 14.7. The molecule has 0 bridgehead atoms. The van der Waals surface area contributed by atoms with Crippen LogP contribution in [-0.4, -0.2) is 0 Å². The zero-order chi connectivity index (χ0) is 46.0. The van der Waals surface area contributed by atoms with Crippen molar-refractivity contribution in [3.05, 3.63) is 235 Å². The Morgan fingerprint density at radius 2 is 0.985 bits per heavy atom. The molecule has 9 rings (SSSR count). The van der Waals surface area contributed by atoms with Crippen molar-refractivity contribution >= 4 is 5.57 Å². The molecular formula is C66H64. The van der Waals surface area contributed by atoms with Gasteiger partial charge in [0.05, 0.1) is 0 Å². The van der Waals surface area contributed by atoms with Crippen LogP contribution in [0.4, 0.5) is 0 Å². The molecule has 0 nitrogen and oxygen atoms in total. The smallest absolute Gasteiger partial charge is 0.0140 e. The highest BCUT2D eigenvalue weighted by Crippen LogP contribution is 2.46. The summed E-state index contributed by atoms with van der Waals surface area (Å²) in [6, 6.07) is 65.8. The van der Waals surface area contributed by atoms with Crippen molar-refractivity contribution in [2.75, 3.05) is 0 Å². The molecule has 328 valence electrons. The first-order valence-corrected chi connectivity index (χ1v) is 24.2. The van der Waals surface area contributed by atoms with Gasteiger partial charge in [-0.25, -0.2) is 0 Å². The Labute approximate surface area is 395 Å². The standard InChI is InChI=1S/C64H58.C2H6/c1-6-9-21-46(8-3)54-37-55(47-22-13-10-14-23-47)40-58(38-54)51-30-32-60(44(4)34-51)64-43-62(45(5)35-63(64)50-28-19-29-50)61-33-31-52(36-53(61)20-7-2)59-41-56(48-24-15-11-16-25-48)39-57(42-59)49-26-17-12-18-27-49;1-2/h6,8-18,21-27,30-43,50H,1,7,19-20,28-29H2,2-5H3;1-2H3/b21-9-,46-8+;. The lowest BCUT2D eigenvalue weighted by molar-refractivity contribution is 0.420. The molecule has 0 heteroatoms. The molecule has 8 aromatic rings. The number of hydrogen-bond donors (Lipinski definition) is 0. The molecule has 0 heterocycles. The average Bonchev–Trinajstić information content (AvgIpc) is 3.35. The van der Waals surface area contributed by atoms with Crippen molar-refractivity contribution in [3.63, 3.8) is 0 Å². The van der Waals surface area contributed by atoms with Crippen molar-refractivity contribution in [2.45, 2.75) is 79.6 Å². The van der Waals surface area contributed by atoms with Crippen molar-refractivity contribution in [1.29, 1.82) is 0 Å². The van der Waals surface area contributed by atoms with Gasteiger partial charge in [0.2, 0.25) is 0 Å². The van der Waals surface area contributed by atoms with Gasteiger partial charge >= 0.3 is 0 Å². The second-order valence-corrected chi connectivity index (χ2v) is 17.6. The zero-order valence-corrected chi connectivity index (χ0v) is 39.9. The third-order valence-corrected chi connectivity index (χ3v) is 13.3. The van der Waals surface area contributed by atoms with Crippen LogP contribution in [0.3, 0.4) is 0 Å². The number of hydrogen-bond acceptors (Lipinski definition) is 0. The summed E-state index contributed by atoms with van der Waals surface area (Å²) < 4.78 is 0. The summed E-state index contributed by atoms with van der Waals surface area (Å²) in [7, 11) is 0. The summed E-state index contributed by atoms with van der Waals surface area (Å²) >= 11 is 0. The molecule has 0 aliphatic heterocycles. The Bertz CT molecular complexity index is 2930.